The number of hydrogen-bond acceptors (Lipinski definition) is 4. The Kier molecular flexibility index (Phi) is 5.79. The molecular weight excluding hydrogens is 236 g/mol. The summed E-state index contributed by atoms with van der Waals surface area (Å²) >= 11 is 3.59. The molecule has 16 heavy (non-hydrogen) atoms. The van der Waals surface area contributed by atoms with Gasteiger partial charge in [-0.05, 0) is 25.3 Å². The lowest BCUT2D eigenvalue weighted by Crippen LogP contribution is -2.22. The molecule has 0 aliphatic heterocycles. The molecule has 0 saturated heterocycles. The molecule has 1 N–H and O–H groups in total. The van der Waals surface area contributed by atoms with Crippen LogP contribution in [0.1, 0.15) is 32.9 Å². The van der Waals surface area contributed by atoms with Gasteiger partial charge in [-0.3, -0.25) is 0 Å². The highest BCUT2D eigenvalue weighted by molar-refractivity contribution is 8.01. The fraction of sp³-hybridized carbons (Fsp3) is 0.750. The Balaban J connectivity index is 2.00. The molecule has 0 saturated carbocycles. The monoisotopic (exact) mass is 258 g/mol. The third kappa shape index (κ3) is 6.51. The molecule has 2 nitrogen and oxygen atoms in total. The molecule has 0 unspecified atom stereocenters. The maximum atomic E-state index is 4.42. The van der Waals surface area contributed by atoms with Crippen molar-refractivity contribution in [3.8, 4) is 0 Å². The SMILES string of the molecule is Cc1csc(SCCNCCC(C)(C)C)n1. The molecule has 0 aliphatic carbocycles. The fourth-order valence-electron chi connectivity index (χ4n) is 1.20. The van der Waals surface area contributed by atoms with Crippen molar-refractivity contribution < 1.29 is 0 Å². The summed E-state index contributed by atoms with van der Waals surface area (Å²) in [5, 5.41) is 5.58. The maximum absolute atomic E-state index is 4.42. The molecule has 92 valence electrons. The second kappa shape index (κ2) is 6.62. The van der Waals surface area contributed by atoms with Crippen LogP contribution >= 0.6 is 23.1 Å². The van der Waals surface area contributed by atoms with Crippen LogP contribution in [-0.4, -0.2) is 23.8 Å². The van der Waals surface area contributed by atoms with E-state index in [4.69, 9.17) is 0 Å². The van der Waals surface area contributed by atoms with Crippen LogP contribution in [0.15, 0.2) is 9.72 Å². The summed E-state index contributed by atoms with van der Waals surface area (Å²) < 4.78 is 1.19. The van der Waals surface area contributed by atoms with E-state index in [0.717, 1.165) is 24.5 Å². The van der Waals surface area contributed by atoms with E-state index in [2.05, 4.69) is 36.5 Å². The lowest BCUT2D eigenvalue weighted by Gasteiger charge is -2.17. The highest BCUT2D eigenvalue weighted by Crippen LogP contribution is 2.21. The fourth-order valence-corrected chi connectivity index (χ4v) is 3.01. The summed E-state index contributed by atoms with van der Waals surface area (Å²) in [5.41, 5.74) is 1.57. The molecule has 1 aromatic heterocycles. The molecule has 0 aliphatic rings. The van der Waals surface area contributed by atoms with Gasteiger partial charge >= 0.3 is 0 Å². The van der Waals surface area contributed by atoms with E-state index in [-0.39, 0.29) is 0 Å². The van der Waals surface area contributed by atoms with Crippen LogP contribution in [0.3, 0.4) is 0 Å². The van der Waals surface area contributed by atoms with Crippen molar-refractivity contribution in [3.63, 3.8) is 0 Å². The van der Waals surface area contributed by atoms with E-state index < -0.39 is 0 Å². The summed E-state index contributed by atoms with van der Waals surface area (Å²) in [7, 11) is 0. The third-order valence-electron chi connectivity index (χ3n) is 2.15. The van der Waals surface area contributed by atoms with E-state index in [1.54, 1.807) is 11.3 Å². The normalized spacial score (nSPS) is 12.0. The van der Waals surface area contributed by atoms with Crippen LogP contribution in [-0.2, 0) is 0 Å². The number of nitrogens with one attached hydrogen (secondary N) is 1. The Morgan fingerprint density at radius 3 is 2.69 bits per heavy atom. The van der Waals surface area contributed by atoms with Crippen molar-refractivity contribution in [2.75, 3.05) is 18.8 Å². The predicted molar refractivity (Wildman–Crippen MR) is 74.5 cm³/mol. The maximum Gasteiger partial charge on any atom is 0.150 e. The van der Waals surface area contributed by atoms with Crippen molar-refractivity contribution in [2.24, 2.45) is 5.41 Å². The second-order valence-electron chi connectivity index (χ2n) is 5.16. The standard InChI is InChI=1S/C12H22N2S2/c1-10-9-16-11(14-10)15-8-7-13-6-5-12(2,3)4/h9,13H,5-8H2,1-4H3. The first kappa shape index (κ1) is 14.0. The highest BCUT2D eigenvalue weighted by atomic mass is 32.2. The molecule has 4 heteroatoms. The van der Waals surface area contributed by atoms with Crippen molar-refractivity contribution in [2.45, 2.75) is 38.5 Å². The van der Waals surface area contributed by atoms with Gasteiger partial charge in [-0.2, -0.15) is 0 Å². The molecule has 1 aromatic rings. The molecule has 0 radical (unpaired) electrons. The minimum atomic E-state index is 0.437. The molecule has 1 rings (SSSR count). The lowest BCUT2D eigenvalue weighted by molar-refractivity contribution is 0.369. The van der Waals surface area contributed by atoms with E-state index in [9.17, 15) is 0 Å². The van der Waals surface area contributed by atoms with Gasteiger partial charge in [0.15, 0.2) is 0 Å². The van der Waals surface area contributed by atoms with Crippen molar-refractivity contribution in [1.29, 1.82) is 0 Å². The Labute approximate surface area is 107 Å². The predicted octanol–water partition coefficient (Wildman–Crippen LogP) is 3.57. The van der Waals surface area contributed by atoms with Crippen LogP contribution in [0.4, 0.5) is 0 Å². The smallest absolute Gasteiger partial charge is 0.150 e. The minimum Gasteiger partial charge on any atom is -0.316 e. The van der Waals surface area contributed by atoms with E-state index >= 15 is 0 Å². The van der Waals surface area contributed by atoms with Crippen molar-refractivity contribution >= 4 is 23.1 Å². The summed E-state index contributed by atoms with van der Waals surface area (Å²) in [5.74, 6) is 1.11. The number of hydrogen-bond donors (Lipinski definition) is 1. The molecule has 0 spiro atoms. The molecule has 0 amide bonds. The van der Waals surface area contributed by atoms with Gasteiger partial charge in [-0.15, -0.1) is 11.3 Å². The Bertz CT molecular complexity index is 302. The van der Waals surface area contributed by atoms with Gasteiger partial charge in [0.1, 0.15) is 4.34 Å². The number of rotatable bonds is 6. The Hall–Kier alpha value is -0.0600. The number of nitrogens with zero attached hydrogens (tertiary/aromatic N) is 1. The van der Waals surface area contributed by atoms with Crippen LogP contribution < -0.4 is 5.32 Å². The van der Waals surface area contributed by atoms with Gasteiger partial charge in [0, 0.05) is 23.4 Å². The van der Waals surface area contributed by atoms with Crippen molar-refractivity contribution in [3.05, 3.63) is 11.1 Å². The van der Waals surface area contributed by atoms with Gasteiger partial charge in [-0.25, -0.2) is 4.98 Å². The van der Waals surface area contributed by atoms with Gasteiger partial charge in [0.25, 0.3) is 0 Å². The lowest BCUT2D eigenvalue weighted by atomic mass is 9.92. The summed E-state index contributed by atoms with van der Waals surface area (Å²) in [6, 6.07) is 0. The molecular formula is C12H22N2S2. The number of aromatic nitrogens is 1. The van der Waals surface area contributed by atoms with Crippen LogP contribution in [0.2, 0.25) is 0 Å². The Morgan fingerprint density at radius 2 is 2.12 bits per heavy atom. The quantitative estimate of drug-likeness (QED) is 0.624. The molecule has 0 aromatic carbocycles. The molecule has 0 fully saturated rings. The van der Waals surface area contributed by atoms with E-state index in [1.165, 1.54) is 10.8 Å². The highest BCUT2D eigenvalue weighted by Gasteiger charge is 2.08. The van der Waals surface area contributed by atoms with Crippen LogP contribution in [0.25, 0.3) is 0 Å². The third-order valence-corrected chi connectivity index (χ3v) is 4.29. The van der Waals surface area contributed by atoms with Gasteiger partial charge in [0.05, 0.1) is 0 Å². The largest absolute Gasteiger partial charge is 0.316 e. The average Bonchev–Trinajstić information content (AvgIpc) is 2.56. The summed E-state index contributed by atoms with van der Waals surface area (Å²) in [6.07, 6.45) is 1.23. The molecule has 0 atom stereocenters. The first-order valence-corrected chi connectivity index (χ1v) is 7.59. The first-order chi connectivity index (χ1) is 7.47. The minimum absolute atomic E-state index is 0.437. The molecule has 0 bridgehead atoms. The second-order valence-corrected chi connectivity index (χ2v) is 7.36. The summed E-state index contributed by atoms with van der Waals surface area (Å²) in [4.78, 5) is 4.42. The van der Waals surface area contributed by atoms with Gasteiger partial charge in [-0.1, -0.05) is 32.5 Å². The zero-order valence-electron chi connectivity index (χ0n) is 10.7. The topological polar surface area (TPSA) is 24.9 Å². The zero-order chi connectivity index (χ0) is 12.0. The van der Waals surface area contributed by atoms with E-state index in [0.29, 0.717) is 5.41 Å². The van der Waals surface area contributed by atoms with Gasteiger partial charge in [0.2, 0.25) is 0 Å². The number of thioether (sulfide) groups is 1. The average molecular weight is 258 g/mol. The number of thiazole rings is 1. The first-order valence-electron chi connectivity index (χ1n) is 5.73. The van der Waals surface area contributed by atoms with E-state index in [1.807, 2.05) is 18.7 Å². The van der Waals surface area contributed by atoms with Gasteiger partial charge < -0.3 is 5.32 Å². The van der Waals surface area contributed by atoms with Crippen LogP contribution in [0, 0.1) is 12.3 Å². The summed E-state index contributed by atoms with van der Waals surface area (Å²) in [6.45, 7) is 11.1. The van der Waals surface area contributed by atoms with Crippen molar-refractivity contribution in [1.82, 2.24) is 10.3 Å². The molecule has 1 heterocycles. The van der Waals surface area contributed by atoms with Crippen LogP contribution in [0.5, 0.6) is 0 Å². The zero-order valence-corrected chi connectivity index (χ0v) is 12.3. The number of aryl methyl sites for hydroxylation is 1. The Morgan fingerprint density at radius 1 is 1.38 bits per heavy atom.